The maximum Gasteiger partial charge on any atom is 0.272 e. The van der Waals surface area contributed by atoms with Gasteiger partial charge in [-0.1, -0.05) is 42.5 Å². The van der Waals surface area contributed by atoms with Gasteiger partial charge in [-0.3, -0.25) is 19.2 Å². The predicted molar refractivity (Wildman–Crippen MR) is 173 cm³/mol. The number of carbonyl (C=O) groups is 4. The standard InChI is InChI=1S/C35H31N3O5S/c1-22-12-15-27(18-23(22)2)38-32(39)21-31(35(38)42)44-29-11-7-10-26(20-29)36-34(41)30(19-24-13-16-28(43-3)17-14-24)37-33(40)25-8-5-4-6-9-25/h4-20,31H,21H2,1-3H3,(H,36,41)(H,37,40). The van der Waals surface area contributed by atoms with Crippen molar-refractivity contribution in [2.24, 2.45) is 0 Å². The number of anilines is 2. The first-order valence-corrected chi connectivity index (χ1v) is 14.8. The number of benzene rings is 4. The molecule has 222 valence electrons. The van der Waals surface area contributed by atoms with Crippen LogP contribution in [0.3, 0.4) is 0 Å². The minimum atomic E-state index is -0.592. The summed E-state index contributed by atoms with van der Waals surface area (Å²) in [6.45, 7) is 3.92. The van der Waals surface area contributed by atoms with Crippen LogP contribution in [0.5, 0.6) is 5.75 Å². The number of thioether (sulfide) groups is 1. The number of methoxy groups -OCH3 is 1. The molecule has 0 aliphatic carbocycles. The first-order valence-electron chi connectivity index (χ1n) is 14.0. The van der Waals surface area contributed by atoms with Gasteiger partial charge in [-0.15, -0.1) is 11.8 Å². The number of imide groups is 1. The second-order valence-electron chi connectivity index (χ2n) is 10.3. The number of ether oxygens (including phenoxy) is 1. The number of nitrogens with zero attached hydrogens (tertiary/aromatic N) is 1. The fraction of sp³-hybridized carbons (Fsp3) is 0.143. The number of rotatable bonds is 9. The molecule has 8 nitrogen and oxygen atoms in total. The van der Waals surface area contributed by atoms with Crippen LogP contribution in [0.1, 0.15) is 33.5 Å². The van der Waals surface area contributed by atoms with E-state index in [0.717, 1.165) is 11.1 Å². The second kappa shape index (κ2) is 13.4. The van der Waals surface area contributed by atoms with Crippen LogP contribution in [0.25, 0.3) is 6.08 Å². The van der Waals surface area contributed by atoms with Crippen LogP contribution >= 0.6 is 11.8 Å². The number of carbonyl (C=O) groups excluding carboxylic acids is 4. The Labute approximate surface area is 260 Å². The van der Waals surface area contributed by atoms with E-state index in [0.29, 0.717) is 33.1 Å². The molecule has 5 rings (SSSR count). The van der Waals surface area contributed by atoms with Crippen molar-refractivity contribution in [1.29, 1.82) is 0 Å². The second-order valence-corrected chi connectivity index (χ2v) is 11.6. The number of amides is 4. The summed E-state index contributed by atoms with van der Waals surface area (Å²) >= 11 is 1.27. The molecular formula is C35H31N3O5S. The van der Waals surface area contributed by atoms with E-state index in [-0.39, 0.29) is 23.9 Å². The largest absolute Gasteiger partial charge is 0.497 e. The molecule has 1 aliphatic rings. The van der Waals surface area contributed by atoms with Gasteiger partial charge in [0.15, 0.2) is 0 Å². The molecule has 1 unspecified atom stereocenters. The van der Waals surface area contributed by atoms with E-state index in [2.05, 4.69) is 10.6 Å². The topological polar surface area (TPSA) is 105 Å². The predicted octanol–water partition coefficient (Wildman–Crippen LogP) is 6.15. The highest BCUT2D eigenvalue weighted by Gasteiger charge is 2.40. The molecule has 1 aliphatic heterocycles. The summed E-state index contributed by atoms with van der Waals surface area (Å²) in [5.74, 6) is -0.813. The zero-order valence-corrected chi connectivity index (χ0v) is 25.3. The van der Waals surface area contributed by atoms with Crippen LogP contribution in [0, 0.1) is 13.8 Å². The van der Waals surface area contributed by atoms with E-state index in [1.807, 2.05) is 32.0 Å². The number of hydrogen-bond acceptors (Lipinski definition) is 6. The van der Waals surface area contributed by atoms with Gasteiger partial charge < -0.3 is 15.4 Å². The van der Waals surface area contributed by atoms with E-state index in [4.69, 9.17) is 4.74 Å². The lowest BCUT2D eigenvalue weighted by molar-refractivity contribution is -0.121. The highest BCUT2D eigenvalue weighted by atomic mass is 32.2. The molecule has 4 aromatic rings. The van der Waals surface area contributed by atoms with Crippen molar-refractivity contribution < 1.29 is 23.9 Å². The molecule has 0 aromatic heterocycles. The molecule has 1 atom stereocenters. The molecule has 9 heteroatoms. The SMILES string of the molecule is COc1ccc(C=C(NC(=O)c2ccccc2)C(=O)Nc2cccc(SC3CC(=O)N(c4ccc(C)c(C)c4)C3=O)c2)cc1. The van der Waals surface area contributed by atoms with Gasteiger partial charge in [0.2, 0.25) is 11.8 Å². The van der Waals surface area contributed by atoms with Crippen LogP contribution < -0.4 is 20.3 Å². The first kappa shape index (κ1) is 30.3. The highest BCUT2D eigenvalue weighted by molar-refractivity contribution is 8.00. The van der Waals surface area contributed by atoms with Crippen molar-refractivity contribution in [3.63, 3.8) is 0 Å². The van der Waals surface area contributed by atoms with Gasteiger partial charge in [0, 0.05) is 22.6 Å². The zero-order chi connectivity index (χ0) is 31.2. The van der Waals surface area contributed by atoms with Gasteiger partial charge in [-0.05, 0) is 91.2 Å². The number of nitrogens with one attached hydrogen (secondary N) is 2. The Bertz CT molecular complexity index is 1750. The fourth-order valence-electron chi connectivity index (χ4n) is 4.65. The van der Waals surface area contributed by atoms with Crippen molar-refractivity contribution in [2.45, 2.75) is 30.4 Å². The van der Waals surface area contributed by atoms with Crippen molar-refractivity contribution in [1.82, 2.24) is 5.32 Å². The van der Waals surface area contributed by atoms with Gasteiger partial charge >= 0.3 is 0 Å². The van der Waals surface area contributed by atoms with Crippen LogP contribution in [-0.4, -0.2) is 36.0 Å². The van der Waals surface area contributed by atoms with Crippen LogP contribution in [-0.2, 0) is 14.4 Å². The molecule has 4 amide bonds. The average Bonchev–Trinajstić information content (AvgIpc) is 3.30. The van der Waals surface area contributed by atoms with Crippen LogP contribution in [0.4, 0.5) is 11.4 Å². The lowest BCUT2D eigenvalue weighted by atomic mass is 10.1. The van der Waals surface area contributed by atoms with Gasteiger partial charge in [0.1, 0.15) is 11.4 Å². The van der Waals surface area contributed by atoms with E-state index in [9.17, 15) is 19.2 Å². The van der Waals surface area contributed by atoms with E-state index in [1.54, 1.807) is 92.0 Å². The smallest absolute Gasteiger partial charge is 0.272 e. The third-order valence-electron chi connectivity index (χ3n) is 7.18. The average molecular weight is 606 g/mol. The summed E-state index contributed by atoms with van der Waals surface area (Å²) in [6, 6.07) is 28.3. The molecule has 1 heterocycles. The molecule has 1 saturated heterocycles. The van der Waals surface area contributed by atoms with Crippen molar-refractivity contribution in [2.75, 3.05) is 17.3 Å². The van der Waals surface area contributed by atoms with E-state index < -0.39 is 17.1 Å². The van der Waals surface area contributed by atoms with Crippen LogP contribution in [0.15, 0.2) is 108 Å². The summed E-state index contributed by atoms with van der Waals surface area (Å²) < 4.78 is 5.22. The summed E-state index contributed by atoms with van der Waals surface area (Å²) in [5.41, 5.74) is 4.26. The molecule has 4 aromatic carbocycles. The maximum absolute atomic E-state index is 13.5. The van der Waals surface area contributed by atoms with Crippen molar-refractivity contribution >= 4 is 52.8 Å². The number of hydrogen-bond donors (Lipinski definition) is 2. The number of aryl methyl sites for hydroxylation is 2. The normalized spacial score (nSPS) is 14.8. The lowest BCUT2D eigenvalue weighted by Gasteiger charge is -2.16. The van der Waals surface area contributed by atoms with Gasteiger partial charge in [0.05, 0.1) is 18.0 Å². The van der Waals surface area contributed by atoms with Crippen LogP contribution in [0.2, 0.25) is 0 Å². The lowest BCUT2D eigenvalue weighted by Crippen LogP contribution is -2.31. The minimum absolute atomic E-state index is 0.0441. The summed E-state index contributed by atoms with van der Waals surface area (Å²) in [6.07, 6.45) is 1.66. The van der Waals surface area contributed by atoms with Crippen molar-refractivity contribution in [3.05, 3.63) is 125 Å². The Morgan fingerprint density at radius 1 is 0.886 bits per heavy atom. The van der Waals surface area contributed by atoms with Gasteiger partial charge in [-0.25, -0.2) is 4.90 Å². The fourth-order valence-corrected chi connectivity index (χ4v) is 5.76. The zero-order valence-electron chi connectivity index (χ0n) is 24.5. The molecule has 0 bridgehead atoms. The summed E-state index contributed by atoms with van der Waals surface area (Å²) in [4.78, 5) is 54.5. The first-order chi connectivity index (χ1) is 21.2. The monoisotopic (exact) mass is 605 g/mol. The Balaban J connectivity index is 1.33. The summed E-state index contributed by atoms with van der Waals surface area (Å²) in [7, 11) is 1.57. The van der Waals surface area contributed by atoms with E-state index in [1.165, 1.54) is 16.7 Å². The Morgan fingerprint density at radius 2 is 1.64 bits per heavy atom. The third-order valence-corrected chi connectivity index (χ3v) is 8.36. The Morgan fingerprint density at radius 3 is 2.34 bits per heavy atom. The Hall–Kier alpha value is -5.15. The molecule has 2 N–H and O–H groups in total. The van der Waals surface area contributed by atoms with Gasteiger partial charge in [-0.2, -0.15) is 0 Å². The summed E-state index contributed by atoms with van der Waals surface area (Å²) in [5, 5.41) is 4.99. The molecule has 0 saturated carbocycles. The molecule has 0 spiro atoms. The third kappa shape index (κ3) is 7.07. The molecule has 0 radical (unpaired) electrons. The van der Waals surface area contributed by atoms with Crippen molar-refractivity contribution in [3.8, 4) is 5.75 Å². The minimum Gasteiger partial charge on any atom is -0.497 e. The van der Waals surface area contributed by atoms with E-state index >= 15 is 0 Å². The quantitative estimate of drug-likeness (QED) is 0.175. The Kier molecular flexibility index (Phi) is 9.26. The van der Waals surface area contributed by atoms with Gasteiger partial charge in [0.25, 0.3) is 11.8 Å². The molecule has 1 fully saturated rings. The molecule has 44 heavy (non-hydrogen) atoms. The highest BCUT2D eigenvalue weighted by Crippen LogP contribution is 2.35. The maximum atomic E-state index is 13.5. The molecular weight excluding hydrogens is 574 g/mol.